The minimum absolute atomic E-state index is 0.109. The van der Waals surface area contributed by atoms with Crippen molar-refractivity contribution in [3.63, 3.8) is 0 Å². The van der Waals surface area contributed by atoms with Gasteiger partial charge in [-0.1, -0.05) is 0 Å². The summed E-state index contributed by atoms with van der Waals surface area (Å²) in [5.41, 5.74) is 0.807. The Morgan fingerprint density at radius 2 is 2.27 bits per heavy atom. The van der Waals surface area contributed by atoms with E-state index in [2.05, 4.69) is 15.6 Å². The molecule has 3 N–H and O–H groups in total. The first kappa shape index (κ1) is 18.6. The first-order chi connectivity index (χ1) is 12.4. The monoisotopic (exact) mass is 382 g/mol. The standard InChI is InChI=1S/C16H22N4O5S/c1-9-18-11(8-26-9)6-17-15(23)10-4-12(13(21)5-10)19-14(22)7-20-2-3-25-16(20)24/h8,10,12-13,21H,2-7H2,1H3,(H,17,23)(H,19,22)/t10-,12-,13-/m0/s1. The Hall–Kier alpha value is -2.20. The SMILES string of the molecule is Cc1nc(CNC(=O)[C@H]2C[C@H](NC(=O)CN3CCOC3=O)[C@@H](O)C2)cs1. The number of aromatic nitrogens is 1. The molecule has 10 heteroatoms. The fourth-order valence-corrected chi connectivity index (χ4v) is 3.80. The van der Waals surface area contributed by atoms with E-state index in [1.807, 2.05) is 12.3 Å². The minimum atomic E-state index is -0.790. The number of hydrogen-bond acceptors (Lipinski definition) is 7. The van der Waals surface area contributed by atoms with Crippen LogP contribution in [0.15, 0.2) is 5.38 Å². The van der Waals surface area contributed by atoms with Crippen molar-refractivity contribution >= 4 is 29.2 Å². The second kappa shape index (κ2) is 8.00. The zero-order chi connectivity index (χ0) is 18.7. The molecule has 0 unspecified atom stereocenters. The summed E-state index contributed by atoms with van der Waals surface area (Å²) in [6, 6.07) is -0.501. The Balaban J connectivity index is 1.45. The number of amides is 3. The highest BCUT2D eigenvalue weighted by molar-refractivity contribution is 7.09. The van der Waals surface area contributed by atoms with Crippen molar-refractivity contribution in [1.29, 1.82) is 0 Å². The third-order valence-corrected chi connectivity index (χ3v) is 5.36. The molecule has 1 aliphatic carbocycles. The number of cyclic esters (lactones) is 1. The highest BCUT2D eigenvalue weighted by Crippen LogP contribution is 2.26. The maximum atomic E-state index is 12.3. The zero-order valence-corrected chi connectivity index (χ0v) is 15.3. The number of carbonyl (C=O) groups excluding carboxylic acids is 3. The Kier molecular flexibility index (Phi) is 5.72. The van der Waals surface area contributed by atoms with Crippen LogP contribution in [0, 0.1) is 12.8 Å². The lowest BCUT2D eigenvalue weighted by molar-refractivity contribution is -0.125. The van der Waals surface area contributed by atoms with E-state index in [-0.39, 0.29) is 30.9 Å². The molecule has 2 heterocycles. The average molecular weight is 382 g/mol. The van der Waals surface area contributed by atoms with Gasteiger partial charge in [0.25, 0.3) is 0 Å². The van der Waals surface area contributed by atoms with E-state index >= 15 is 0 Å². The van der Waals surface area contributed by atoms with Crippen molar-refractivity contribution in [1.82, 2.24) is 20.5 Å². The summed E-state index contributed by atoms with van der Waals surface area (Å²) < 4.78 is 4.77. The van der Waals surface area contributed by atoms with Crippen LogP contribution >= 0.6 is 11.3 Å². The molecule has 9 nitrogen and oxygen atoms in total. The van der Waals surface area contributed by atoms with Crippen LogP contribution in [0.4, 0.5) is 4.79 Å². The van der Waals surface area contributed by atoms with Crippen molar-refractivity contribution in [2.45, 2.75) is 38.5 Å². The average Bonchev–Trinajstić information content (AvgIpc) is 3.28. The zero-order valence-electron chi connectivity index (χ0n) is 14.4. The van der Waals surface area contributed by atoms with Crippen LogP contribution in [0.5, 0.6) is 0 Å². The lowest BCUT2D eigenvalue weighted by Crippen LogP contribution is -2.45. The number of nitrogens with one attached hydrogen (secondary N) is 2. The number of carbonyl (C=O) groups is 3. The molecule has 0 aromatic carbocycles. The number of aliphatic hydroxyl groups is 1. The van der Waals surface area contributed by atoms with E-state index in [1.165, 1.54) is 16.2 Å². The number of nitrogens with zero attached hydrogens (tertiary/aromatic N) is 2. The largest absolute Gasteiger partial charge is 0.448 e. The van der Waals surface area contributed by atoms with Crippen LogP contribution in [0.2, 0.25) is 0 Å². The molecule has 1 saturated carbocycles. The van der Waals surface area contributed by atoms with Gasteiger partial charge in [0.05, 0.1) is 35.9 Å². The maximum Gasteiger partial charge on any atom is 0.410 e. The van der Waals surface area contributed by atoms with Crippen molar-refractivity contribution < 1.29 is 24.2 Å². The van der Waals surface area contributed by atoms with Gasteiger partial charge < -0.3 is 20.5 Å². The molecule has 3 rings (SSSR count). The summed E-state index contributed by atoms with van der Waals surface area (Å²) in [6.45, 7) is 2.80. The normalized spacial score (nSPS) is 25.2. The van der Waals surface area contributed by atoms with Crippen LogP contribution in [0.25, 0.3) is 0 Å². The molecular weight excluding hydrogens is 360 g/mol. The molecule has 0 bridgehead atoms. The fourth-order valence-electron chi connectivity index (χ4n) is 3.19. The molecule has 0 radical (unpaired) electrons. The number of aliphatic hydroxyl groups excluding tert-OH is 1. The molecule has 142 valence electrons. The van der Waals surface area contributed by atoms with E-state index < -0.39 is 18.2 Å². The summed E-state index contributed by atoms with van der Waals surface area (Å²) in [7, 11) is 0. The number of ether oxygens (including phenoxy) is 1. The molecule has 3 atom stereocenters. The number of rotatable bonds is 6. The summed E-state index contributed by atoms with van der Waals surface area (Å²) in [5, 5.41) is 18.5. The summed E-state index contributed by atoms with van der Waals surface area (Å²) in [5.74, 6) is -0.895. The predicted octanol–water partition coefficient (Wildman–Crippen LogP) is -0.224. The van der Waals surface area contributed by atoms with Crippen molar-refractivity contribution in [2.24, 2.45) is 5.92 Å². The molecule has 1 aromatic rings. The van der Waals surface area contributed by atoms with Crippen LogP contribution < -0.4 is 10.6 Å². The highest BCUT2D eigenvalue weighted by atomic mass is 32.1. The third kappa shape index (κ3) is 4.50. The van der Waals surface area contributed by atoms with Gasteiger partial charge in [0.1, 0.15) is 13.2 Å². The van der Waals surface area contributed by atoms with Crippen molar-refractivity contribution in [3.05, 3.63) is 16.1 Å². The molecule has 2 aliphatic rings. The van der Waals surface area contributed by atoms with Crippen LogP contribution in [0.1, 0.15) is 23.5 Å². The summed E-state index contributed by atoms with van der Waals surface area (Å²) >= 11 is 1.52. The van der Waals surface area contributed by atoms with Gasteiger partial charge in [0, 0.05) is 11.3 Å². The Morgan fingerprint density at radius 3 is 2.92 bits per heavy atom. The minimum Gasteiger partial charge on any atom is -0.448 e. The molecule has 2 fully saturated rings. The molecule has 1 aliphatic heterocycles. The van der Waals surface area contributed by atoms with E-state index in [4.69, 9.17) is 4.74 Å². The Bertz CT molecular complexity index is 694. The lowest BCUT2D eigenvalue weighted by Gasteiger charge is -2.18. The van der Waals surface area contributed by atoms with Crippen LogP contribution in [-0.2, 0) is 20.9 Å². The lowest BCUT2D eigenvalue weighted by atomic mass is 10.1. The van der Waals surface area contributed by atoms with E-state index in [0.29, 0.717) is 25.9 Å². The quantitative estimate of drug-likeness (QED) is 0.625. The maximum absolute atomic E-state index is 12.3. The second-order valence-corrected chi connectivity index (χ2v) is 7.58. The Morgan fingerprint density at radius 1 is 1.46 bits per heavy atom. The van der Waals surface area contributed by atoms with Gasteiger partial charge in [-0.3, -0.25) is 14.5 Å². The first-order valence-electron chi connectivity index (χ1n) is 8.50. The summed E-state index contributed by atoms with van der Waals surface area (Å²) in [6.07, 6.45) is -0.652. The van der Waals surface area contributed by atoms with Crippen LogP contribution in [-0.4, -0.2) is 64.7 Å². The van der Waals surface area contributed by atoms with Crippen LogP contribution in [0.3, 0.4) is 0 Å². The van der Waals surface area contributed by atoms with Gasteiger partial charge in [-0.05, 0) is 19.8 Å². The van der Waals surface area contributed by atoms with Gasteiger partial charge >= 0.3 is 6.09 Å². The number of aryl methyl sites for hydroxylation is 1. The molecule has 3 amide bonds. The first-order valence-corrected chi connectivity index (χ1v) is 9.38. The molecule has 1 aromatic heterocycles. The third-order valence-electron chi connectivity index (χ3n) is 4.54. The molecule has 1 saturated heterocycles. The van der Waals surface area contributed by atoms with Gasteiger partial charge in [0.2, 0.25) is 11.8 Å². The van der Waals surface area contributed by atoms with Gasteiger partial charge in [0.15, 0.2) is 0 Å². The second-order valence-electron chi connectivity index (χ2n) is 6.52. The predicted molar refractivity (Wildman–Crippen MR) is 92.3 cm³/mol. The fraction of sp³-hybridized carbons (Fsp3) is 0.625. The Labute approximate surface area is 154 Å². The topological polar surface area (TPSA) is 121 Å². The molecule has 26 heavy (non-hydrogen) atoms. The number of thiazole rings is 1. The van der Waals surface area contributed by atoms with Gasteiger partial charge in [-0.15, -0.1) is 11.3 Å². The molecule has 0 spiro atoms. The van der Waals surface area contributed by atoms with Gasteiger partial charge in [-0.2, -0.15) is 0 Å². The van der Waals surface area contributed by atoms with Crippen molar-refractivity contribution in [3.8, 4) is 0 Å². The highest BCUT2D eigenvalue weighted by Gasteiger charge is 2.38. The van der Waals surface area contributed by atoms with Crippen molar-refractivity contribution in [2.75, 3.05) is 19.7 Å². The van der Waals surface area contributed by atoms with Gasteiger partial charge in [-0.25, -0.2) is 9.78 Å². The smallest absolute Gasteiger partial charge is 0.410 e. The number of hydrogen-bond donors (Lipinski definition) is 3. The van der Waals surface area contributed by atoms with E-state index in [9.17, 15) is 19.5 Å². The van der Waals surface area contributed by atoms with E-state index in [0.717, 1.165) is 10.7 Å². The summed E-state index contributed by atoms with van der Waals surface area (Å²) in [4.78, 5) is 41.3. The van der Waals surface area contributed by atoms with E-state index in [1.54, 1.807) is 0 Å². The molecular formula is C16H22N4O5S.